The predicted molar refractivity (Wildman–Crippen MR) is 68.8 cm³/mol. The Balaban J connectivity index is 2.86. The molecule has 1 atom stereocenters. The molecule has 0 aromatic heterocycles. The van der Waals surface area contributed by atoms with E-state index in [-0.39, 0.29) is 0 Å². The van der Waals surface area contributed by atoms with Crippen molar-refractivity contribution in [3.63, 3.8) is 0 Å². The third kappa shape index (κ3) is 3.15. The molecule has 0 spiro atoms. The highest BCUT2D eigenvalue weighted by atomic mass is 15.1. The molecule has 15 heavy (non-hydrogen) atoms. The molecular formula is C13H22N2. The van der Waals surface area contributed by atoms with Gasteiger partial charge in [-0.2, -0.15) is 0 Å². The van der Waals surface area contributed by atoms with Crippen molar-refractivity contribution in [2.45, 2.75) is 33.2 Å². The fraction of sp³-hybridized carbons (Fsp3) is 0.538. The molecule has 1 unspecified atom stereocenters. The second-order valence-electron chi connectivity index (χ2n) is 3.98. The number of hydrogen-bond acceptors (Lipinski definition) is 2. The Morgan fingerprint density at radius 2 is 1.93 bits per heavy atom. The highest BCUT2D eigenvalue weighted by Crippen LogP contribution is 2.25. The van der Waals surface area contributed by atoms with Crippen LogP contribution in [0.2, 0.25) is 0 Å². The zero-order chi connectivity index (χ0) is 11.3. The first-order valence-electron chi connectivity index (χ1n) is 5.75. The van der Waals surface area contributed by atoms with Gasteiger partial charge >= 0.3 is 0 Å². The van der Waals surface area contributed by atoms with E-state index in [1.54, 1.807) is 0 Å². The quantitative estimate of drug-likeness (QED) is 0.794. The Labute approximate surface area is 93.3 Å². The van der Waals surface area contributed by atoms with E-state index in [1.165, 1.54) is 11.4 Å². The van der Waals surface area contributed by atoms with Crippen molar-refractivity contribution in [2.24, 2.45) is 0 Å². The van der Waals surface area contributed by atoms with Crippen LogP contribution in [0.3, 0.4) is 0 Å². The van der Waals surface area contributed by atoms with Gasteiger partial charge in [-0.25, -0.2) is 0 Å². The van der Waals surface area contributed by atoms with Crippen LogP contribution in [0.25, 0.3) is 0 Å². The molecule has 2 nitrogen and oxygen atoms in total. The van der Waals surface area contributed by atoms with Crippen molar-refractivity contribution in [1.82, 2.24) is 0 Å². The number of para-hydroxylation sites is 2. The molecule has 1 N–H and O–H groups in total. The lowest BCUT2D eigenvalue weighted by Gasteiger charge is -2.23. The molecule has 0 aliphatic heterocycles. The van der Waals surface area contributed by atoms with Gasteiger partial charge in [-0.05, 0) is 32.4 Å². The summed E-state index contributed by atoms with van der Waals surface area (Å²) in [5, 5.41) is 3.53. The maximum absolute atomic E-state index is 3.53. The van der Waals surface area contributed by atoms with Crippen LogP contribution in [-0.4, -0.2) is 19.6 Å². The Kier molecular flexibility index (Phi) is 4.47. The molecular weight excluding hydrogens is 184 g/mol. The number of nitrogens with zero attached hydrogens (tertiary/aromatic N) is 1. The summed E-state index contributed by atoms with van der Waals surface area (Å²) in [6.45, 7) is 7.60. The molecule has 0 amide bonds. The predicted octanol–water partition coefficient (Wildman–Crippen LogP) is 3.35. The lowest BCUT2D eigenvalue weighted by atomic mass is 10.2. The number of benzene rings is 1. The largest absolute Gasteiger partial charge is 0.381 e. The summed E-state index contributed by atoms with van der Waals surface area (Å²) in [4.78, 5) is 2.25. The summed E-state index contributed by atoms with van der Waals surface area (Å²) in [5.74, 6) is 0. The SMILES string of the molecule is CCC(C)Nc1ccccc1N(C)CC. The van der Waals surface area contributed by atoms with Gasteiger partial charge in [-0.15, -0.1) is 0 Å². The van der Waals surface area contributed by atoms with E-state index in [0.29, 0.717) is 6.04 Å². The Morgan fingerprint density at radius 1 is 1.27 bits per heavy atom. The minimum absolute atomic E-state index is 0.524. The van der Waals surface area contributed by atoms with Crippen molar-refractivity contribution in [1.29, 1.82) is 0 Å². The molecule has 0 heterocycles. The number of anilines is 2. The summed E-state index contributed by atoms with van der Waals surface area (Å²) >= 11 is 0. The normalized spacial score (nSPS) is 12.3. The van der Waals surface area contributed by atoms with Crippen molar-refractivity contribution in [3.8, 4) is 0 Å². The fourth-order valence-electron chi connectivity index (χ4n) is 1.47. The molecule has 0 bridgehead atoms. The van der Waals surface area contributed by atoms with Crippen LogP contribution >= 0.6 is 0 Å². The van der Waals surface area contributed by atoms with E-state index in [1.807, 2.05) is 0 Å². The van der Waals surface area contributed by atoms with Crippen molar-refractivity contribution in [2.75, 3.05) is 23.8 Å². The van der Waals surface area contributed by atoms with E-state index in [9.17, 15) is 0 Å². The van der Waals surface area contributed by atoms with Gasteiger partial charge in [0.25, 0.3) is 0 Å². The van der Waals surface area contributed by atoms with Crippen molar-refractivity contribution >= 4 is 11.4 Å². The molecule has 84 valence electrons. The Morgan fingerprint density at radius 3 is 2.53 bits per heavy atom. The van der Waals surface area contributed by atoms with E-state index >= 15 is 0 Å². The van der Waals surface area contributed by atoms with Crippen LogP contribution in [0.15, 0.2) is 24.3 Å². The molecule has 2 heteroatoms. The Hall–Kier alpha value is -1.18. The van der Waals surface area contributed by atoms with E-state index in [4.69, 9.17) is 0 Å². The van der Waals surface area contributed by atoms with Gasteiger partial charge in [0.15, 0.2) is 0 Å². The smallest absolute Gasteiger partial charge is 0.0599 e. The van der Waals surface area contributed by atoms with Gasteiger partial charge in [-0.1, -0.05) is 19.1 Å². The fourth-order valence-corrected chi connectivity index (χ4v) is 1.47. The number of hydrogen-bond donors (Lipinski definition) is 1. The summed E-state index contributed by atoms with van der Waals surface area (Å²) in [7, 11) is 2.12. The minimum Gasteiger partial charge on any atom is -0.381 e. The first-order valence-corrected chi connectivity index (χ1v) is 5.75. The standard InChI is InChI=1S/C13H22N2/c1-5-11(3)14-12-9-7-8-10-13(12)15(4)6-2/h7-11,14H,5-6H2,1-4H3. The second kappa shape index (κ2) is 5.64. The van der Waals surface area contributed by atoms with Gasteiger partial charge < -0.3 is 10.2 Å². The molecule has 0 fully saturated rings. The maximum Gasteiger partial charge on any atom is 0.0599 e. The van der Waals surface area contributed by atoms with E-state index in [2.05, 4.69) is 62.3 Å². The topological polar surface area (TPSA) is 15.3 Å². The third-order valence-electron chi connectivity index (χ3n) is 2.80. The highest BCUT2D eigenvalue weighted by Gasteiger charge is 2.06. The van der Waals surface area contributed by atoms with Crippen molar-refractivity contribution < 1.29 is 0 Å². The van der Waals surface area contributed by atoms with Gasteiger partial charge in [-0.3, -0.25) is 0 Å². The van der Waals surface area contributed by atoms with Gasteiger partial charge in [0.1, 0.15) is 0 Å². The molecule has 1 aromatic rings. The van der Waals surface area contributed by atoms with E-state index < -0.39 is 0 Å². The summed E-state index contributed by atoms with van der Waals surface area (Å²) in [5.41, 5.74) is 2.51. The van der Waals surface area contributed by atoms with Gasteiger partial charge in [0.2, 0.25) is 0 Å². The number of nitrogens with one attached hydrogen (secondary N) is 1. The molecule has 1 aromatic carbocycles. The van der Waals surface area contributed by atoms with Gasteiger partial charge in [0.05, 0.1) is 11.4 Å². The molecule has 0 saturated carbocycles. The lowest BCUT2D eigenvalue weighted by Crippen LogP contribution is -2.20. The summed E-state index contributed by atoms with van der Waals surface area (Å²) < 4.78 is 0. The maximum atomic E-state index is 3.53. The zero-order valence-electron chi connectivity index (χ0n) is 10.2. The van der Waals surface area contributed by atoms with Crippen LogP contribution in [0.1, 0.15) is 27.2 Å². The average Bonchev–Trinajstić information content (AvgIpc) is 2.28. The molecule has 0 aliphatic carbocycles. The first-order chi connectivity index (χ1) is 7.19. The average molecular weight is 206 g/mol. The van der Waals surface area contributed by atoms with Crippen LogP contribution in [0, 0.1) is 0 Å². The minimum atomic E-state index is 0.524. The third-order valence-corrected chi connectivity index (χ3v) is 2.80. The monoisotopic (exact) mass is 206 g/mol. The highest BCUT2D eigenvalue weighted by molar-refractivity contribution is 5.69. The van der Waals surface area contributed by atoms with Crippen LogP contribution in [0.5, 0.6) is 0 Å². The Bertz CT molecular complexity index is 296. The van der Waals surface area contributed by atoms with Gasteiger partial charge in [0, 0.05) is 19.6 Å². The van der Waals surface area contributed by atoms with Crippen LogP contribution < -0.4 is 10.2 Å². The molecule has 0 saturated heterocycles. The summed E-state index contributed by atoms with van der Waals surface area (Å²) in [6, 6.07) is 9.00. The van der Waals surface area contributed by atoms with E-state index in [0.717, 1.165) is 13.0 Å². The molecule has 1 rings (SSSR count). The van der Waals surface area contributed by atoms with Crippen LogP contribution in [0.4, 0.5) is 11.4 Å². The first kappa shape index (κ1) is 11.9. The molecule has 0 radical (unpaired) electrons. The number of rotatable bonds is 5. The lowest BCUT2D eigenvalue weighted by molar-refractivity contribution is 0.763. The van der Waals surface area contributed by atoms with Crippen LogP contribution in [-0.2, 0) is 0 Å². The molecule has 0 aliphatic rings. The zero-order valence-corrected chi connectivity index (χ0v) is 10.2. The second-order valence-corrected chi connectivity index (χ2v) is 3.98. The van der Waals surface area contributed by atoms with Crippen molar-refractivity contribution in [3.05, 3.63) is 24.3 Å². The summed E-state index contributed by atoms with van der Waals surface area (Å²) in [6.07, 6.45) is 1.14.